The molecule has 4 rings (SSSR count). The quantitative estimate of drug-likeness (QED) is 0.234. The highest BCUT2D eigenvalue weighted by molar-refractivity contribution is 5.95. The molecule has 208 valence electrons. The molecule has 3 unspecified atom stereocenters. The summed E-state index contributed by atoms with van der Waals surface area (Å²) in [5, 5.41) is 3.73. The summed E-state index contributed by atoms with van der Waals surface area (Å²) in [7, 11) is 1.73. The number of nitrogens with two attached hydrogens (primary N) is 1. The van der Waals surface area contributed by atoms with Gasteiger partial charge in [-0.25, -0.2) is 9.38 Å². The molecule has 3 fully saturated rings. The van der Waals surface area contributed by atoms with E-state index >= 15 is 0 Å². The van der Waals surface area contributed by atoms with Crippen molar-refractivity contribution < 1.29 is 18.7 Å². The molecule has 3 atom stereocenters. The number of piperidine rings is 2. The van der Waals surface area contributed by atoms with Crippen LogP contribution in [0.2, 0.25) is 0 Å². The zero-order chi connectivity index (χ0) is 27.1. The molecule has 1 aromatic carbocycles. The Hall–Kier alpha value is -2.75. The van der Waals surface area contributed by atoms with Gasteiger partial charge in [0.05, 0.1) is 19.0 Å². The number of allylic oxidation sites excluding steroid dienone is 1. The Morgan fingerprint density at radius 1 is 1.18 bits per heavy atom. The molecule has 3 aliphatic rings. The molecule has 0 aromatic heterocycles. The Balaban J connectivity index is 1.38. The number of hydrogen-bond donors (Lipinski definition) is 2. The van der Waals surface area contributed by atoms with E-state index < -0.39 is 0 Å². The summed E-state index contributed by atoms with van der Waals surface area (Å²) >= 11 is 0. The Bertz CT molecular complexity index is 1020. The molecule has 0 saturated carbocycles. The van der Waals surface area contributed by atoms with Gasteiger partial charge >= 0.3 is 0 Å². The third-order valence-electron chi connectivity index (χ3n) is 8.18. The van der Waals surface area contributed by atoms with Crippen LogP contribution in [0.1, 0.15) is 50.5 Å². The van der Waals surface area contributed by atoms with Crippen molar-refractivity contribution in [1.29, 1.82) is 0 Å². The molecule has 3 heterocycles. The zero-order valence-corrected chi connectivity index (χ0v) is 22.7. The maximum absolute atomic E-state index is 13.6. The minimum absolute atomic E-state index is 0.0583. The third kappa shape index (κ3) is 6.81. The predicted octanol–water partition coefficient (Wildman–Crippen LogP) is 3.16. The summed E-state index contributed by atoms with van der Waals surface area (Å²) in [6, 6.07) is 7.35. The van der Waals surface area contributed by atoms with Crippen LogP contribution in [-0.2, 0) is 14.3 Å². The van der Waals surface area contributed by atoms with E-state index in [9.17, 15) is 9.18 Å². The fourth-order valence-electron chi connectivity index (χ4n) is 5.83. The summed E-state index contributed by atoms with van der Waals surface area (Å²) in [6.45, 7) is 10.5. The maximum atomic E-state index is 13.6. The number of nitrogens with zero attached hydrogens (tertiary/aromatic N) is 3. The van der Waals surface area contributed by atoms with Crippen molar-refractivity contribution in [3.63, 3.8) is 0 Å². The normalized spacial score (nSPS) is 25.9. The first-order valence-corrected chi connectivity index (χ1v) is 13.7. The van der Waals surface area contributed by atoms with Crippen LogP contribution in [0.4, 0.5) is 4.39 Å². The van der Waals surface area contributed by atoms with E-state index in [-0.39, 0.29) is 29.8 Å². The number of rotatable bonds is 8. The van der Waals surface area contributed by atoms with Gasteiger partial charge in [0.2, 0.25) is 0 Å². The molecule has 0 aliphatic carbocycles. The fraction of sp³-hybridized carbons (Fsp3) is 0.586. The van der Waals surface area contributed by atoms with Gasteiger partial charge in [-0.2, -0.15) is 0 Å². The number of carbonyl (C=O) groups excluding carboxylic acids is 1. The summed E-state index contributed by atoms with van der Waals surface area (Å²) in [4.78, 5) is 22.0. The van der Waals surface area contributed by atoms with Gasteiger partial charge in [0.1, 0.15) is 11.5 Å². The summed E-state index contributed by atoms with van der Waals surface area (Å²) in [6.07, 6.45) is 5.93. The van der Waals surface area contributed by atoms with Crippen LogP contribution < -0.4 is 11.1 Å². The third-order valence-corrected chi connectivity index (χ3v) is 8.18. The molecule has 1 aromatic rings. The molecular formula is C29H42FN5O3. The molecule has 3 saturated heterocycles. The smallest absolute Gasteiger partial charge is 0.272 e. The van der Waals surface area contributed by atoms with Crippen LogP contribution in [0.25, 0.3) is 0 Å². The number of nitrogens with one attached hydrogen (secondary N) is 1. The SMILES string of the molecule is C=C(/C(C)=C(\N=CN)C(=O)N1CCC(NC2CCOCC2OC)CC1)N1CCCC(c2ccc(F)cc2)C1. The number of aliphatic imine (C=N–C) groups is 1. The average Bonchev–Trinajstić information content (AvgIpc) is 2.96. The Morgan fingerprint density at radius 3 is 2.61 bits per heavy atom. The highest BCUT2D eigenvalue weighted by Crippen LogP contribution is 2.31. The van der Waals surface area contributed by atoms with Gasteiger partial charge in [-0.1, -0.05) is 18.7 Å². The van der Waals surface area contributed by atoms with E-state index in [1.165, 1.54) is 18.5 Å². The largest absolute Gasteiger partial charge is 0.390 e. The number of ether oxygens (including phenoxy) is 2. The molecule has 3 aliphatic heterocycles. The number of halogens is 1. The zero-order valence-electron chi connectivity index (χ0n) is 22.7. The van der Waals surface area contributed by atoms with Crippen LogP contribution in [0.5, 0.6) is 0 Å². The molecule has 3 N–H and O–H groups in total. The fourth-order valence-corrected chi connectivity index (χ4v) is 5.83. The molecular weight excluding hydrogens is 485 g/mol. The van der Waals surface area contributed by atoms with E-state index in [4.69, 9.17) is 15.2 Å². The van der Waals surface area contributed by atoms with Gasteiger partial charge in [-0.3, -0.25) is 4.79 Å². The van der Waals surface area contributed by atoms with Gasteiger partial charge in [0.15, 0.2) is 0 Å². The highest BCUT2D eigenvalue weighted by atomic mass is 19.1. The van der Waals surface area contributed by atoms with Crippen molar-refractivity contribution in [2.45, 2.75) is 63.1 Å². The average molecular weight is 528 g/mol. The van der Waals surface area contributed by atoms with Crippen molar-refractivity contribution in [2.24, 2.45) is 10.7 Å². The lowest BCUT2D eigenvalue weighted by atomic mass is 9.90. The standard InChI is InChI=1S/C29H42FN5O3/c1-20(21(2)35-13-4-5-23(17-35)22-6-8-24(30)9-7-22)28(32-19-31)29(36)34-14-10-25(11-15-34)33-26-12-16-38-18-27(26)37-3/h6-9,19,23,25-27,33H,2,4-5,10-18H2,1,3H3,(H2,31,32)/b28-20-. The van der Waals surface area contributed by atoms with Crippen LogP contribution in [0, 0.1) is 5.82 Å². The molecule has 0 spiro atoms. The summed E-state index contributed by atoms with van der Waals surface area (Å²) in [5.41, 5.74) is 8.66. The molecule has 38 heavy (non-hydrogen) atoms. The van der Waals surface area contributed by atoms with E-state index in [2.05, 4.69) is 21.8 Å². The van der Waals surface area contributed by atoms with E-state index in [1.54, 1.807) is 7.11 Å². The van der Waals surface area contributed by atoms with Gasteiger partial charge in [-0.15, -0.1) is 0 Å². The van der Waals surface area contributed by atoms with Gasteiger partial charge in [-0.05, 0) is 56.7 Å². The van der Waals surface area contributed by atoms with Crippen LogP contribution in [0.15, 0.2) is 52.8 Å². The first kappa shape index (κ1) is 28.3. The van der Waals surface area contributed by atoms with Crippen molar-refractivity contribution in [1.82, 2.24) is 15.1 Å². The molecule has 8 nitrogen and oxygen atoms in total. The lowest BCUT2D eigenvalue weighted by molar-refractivity contribution is -0.128. The second-order valence-corrected chi connectivity index (χ2v) is 10.5. The van der Waals surface area contributed by atoms with Crippen molar-refractivity contribution in [3.8, 4) is 0 Å². The number of benzene rings is 1. The molecule has 0 bridgehead atoms. The Labute approximate surface area is 225 Å². The molecule has 0 radical (unpaired) electrons. The minimum atomic E-state index is -0.227. The topological polar surface area (TPSA) is 92.4 Å². The predicted molar refractivity (Wildman–Crippen MR) is 147 cm³/mol. The monoisotopic (exact) mass is 527 g/mol. The lowest BCUT2D eigenvalue weighted by Crippen LogP contribution is -2.54. The second-order valence-electron chi connectivity index (χ2n) is 10.5. The van der Waals surface area contributed by atoms with E-state index in [0.717, 1.165) is 68.6 Å². The minimum Gasteiger partial charge on any atom is -0.390 e. The van der Waals surface area contributed by atoms with Crippen molar-refractivity contribution in [3.05, 3.63) is 59.2 Å². The molecule has 9 heteroatoms. The first-order valence-electron chi connectivity index (χ1n) is 13.7. The van der Waals surface area contributed by atoms with E-state index in [0.29, 0.717) is 31.4 Å². The number of amides is 1. The van der Waals surface area contributed by atoms with Gasteiger partial charge in [0.25, 0.3) is 5.91 Å². The number of hydrogen-bond acceptors (Lipinski definition) is 6. The maximum Gasteiger partial charge on any atom is 0.272 e. The number of methoxy groups -OCH3 is 1. The van der Waals surface area contributed by atoms with Crippen molar-refractivity contribution in [2.75, 3.05) is 46.5 Å². The Morgan fingerprint density at radius 2 is 1.92 bits per heavy atom. The van der Waals surface area contributed by atoms with Crippen LogP contribution in [-0.4, -0.2) is 86.7 Å². The van der Waals surface area contributed by atoms with Gasteiger partial charge in [0, 0.05) is 69.2 Å². The Kier molecular flexibility index (Phi) is 9.93. The summed E-state index contributed by atoms with van der Waals surface area (Å²) in [5.74, 6) is -0.0577. The summed E-state index contributed by atoms with van der Waals surface area (Å²) < 4.78 is 24.5. The number of carbonyl (C=O) groups is 1. The van der Waals surface area contributed by atoms with E-state index in [1.807, 2.05) is 24.0 Å². The molecule has 1 amide bonds. The highest BCUT2D eigenvalue weighted by Gasteiger charge is 2.32. The lowest BCUT2D eigenvalue weighted by Gasteiger charge is -2.38. The van der Waals surface area contributed by atoms with Crippen molar-refractivity contribution >= 4 is 12.2 Å². The number of likely N-dealkylation sites (tertiary alicyclic amines) is 2. The van der Waals surface area contributed by atoms with Crippen LogP contribution in [0.3, 0.4) is 0 Å². The van der Waals surface area contributed by atoms with Crippen LogP contribution >= 0.6 is 0 Å². The second kappa shape index (κ2) is 13.4. The first-order chi connectivity index (χ1) is 18.4. The van der Waals surface area contributed by atoms with Gasteiger partial charge < -0.3 is 30.3 Å².